The van der Waals surface area contributed by atoms with Crippen molar-refractivity contribution in [2.75, 3.05) is 17.7 Å². The van der Waals surface area contributed by atoms with E-state index >= 15 is 0 Å². The molecule has 1 heterocycles. The number of nitrogen functional groups attached to an aromatic ring is 1. The monoisotopic (exact) mass is 326 g/mol. The Hall–Kier alpha value is -2.05. The number of carbonyl (C=O) groups is 1. The van der Waals surface area contributed by atoms with Gasteiger partial charge in [0.1, 0.15) is 17.8 Å². The van der Waals surface area contributed by atoms with Crippen molar-refractivity contribution < 1.29 is 9.53 Å². The predicted octanol–water partition coefficient (Wildman–Crippen LogP) is 2.77. The molecule has 0 aliphatic carbocycles. The van der Waals surface area contributed by atoms with E-state index in [2.05, 4.69) is 15.3 Å². The molecule has 0 fully saturated rings. The predicted molar refractivity (Wildman–Crippen MR) is 81.6 cm³/mol. The second-order valence-electron chi connectivity index (χ2n) is 4.05. The molecule has 0 atom stereocenters. The zero-order valence-corrected chi connectivity index (χ0v) is 12.4. The van der Waals surface area contributed by atoms with Gasteiger partial charge in [-0.15, -0.1) is 0 Å². The van der Waals surface area contributed by atoms with Gasteiger partial charge in [-0.1, -0.05) is 29.3 Å². The fraction of sp³-hybridized carbons (Fsp3) is 0.154. The molecular weight excluding hydrogens is 315 g/mol. The third-order valence-corrected chi connectivity index (χ3v) is 3.05. The average molecular weight is 327 g/mol. The fourth-order valence-corrected chi connectivity index (χ4v) is 1.92. The van der Waals surface area contributed by atoms with E-state index in [1.165, 1.54) is 6.33 Å². The van der Waals surface area contributed by atoms with Gasteiger partial charge in [0, 0.05) is 11.8 Å². The lowest BCUT2D eigenvalue weighted by molar-refractivity contribution is -0.116. The van der Waals surface area contributed by atoms with Gasteiger partial charge in [0.2, 0.25) is 5.91 Å². The van der Waals surface area contributed by atoms with Crippen molar-refractivity contribution in [2.24, 2.45) is 0 Å². The van der Waals surface area contributed by atoms with Crippen molar-refractivity contribution in [3.63, 3.8) is 0 Å². The summed E-state index contributed by atoms with van der Waals surface area (Å²) in [6, 6.07) is 6.95. The maximum Gasteiger partial charge on any atom is 0.227 e. The Bertz CT molecular complexity index is 632. The van der Waals surface area contributed by atoms with Crippen LogP contribution in [0, 0.1) is 0 Å². The molecule has 110 valence electrons. The highest BCUT2D eigenvalue weighted by molar-refractivity contribution is 6.38. The Morgan fingerprint density at radius 3 is 2.67 bits per heavy atom. The van der Waals surface area contributed by atoms with Gasteiger partial charge in [0.25, 0.3) is 0 Å². The molecule has 2 rings (SSSR count). The fourth-order valence-electron chi connectivity index (χ4n) is 1.52. The number of anilines is 2. The summed E-state index contributed by atoms with van der Waals surface area (Å²) in [5.41, 5.74) is 6.41. The number of nitrogens with one attached hydrogen (secondary N) is 1. The van der Waals surface area contributed by atoms with Gasteiger partial charge < -0.3 is 15.8 Å². The number of nitrogens with zero attached hydrogens (tertiary/aromatic N) is 2. The van der Waals surface area contributed by atoms with E-state index in [1.54, 1.807) is 24.3 Å². The number of aromatic nitrogens is 2. The molecule has 1 aromatic heterocycles. The van der Waals surface area contributed by atoms with E-state index in [1.807, 2.05) is 0 Å². The third-order valence-electron chi connectivity index (χ3n) is 2.48. The first-order valence-corrected chi connectivity index (χ1v) is 6.76. The van der Waals surface area contributed by atoms with Crippen LogP contribution in [0.5, 0.6) is 5.75 Å². The number of halogens is 2. The minimum atomic E-state index is -0.308. The Balaban J connectivity index is 1.85. The number of amides is 1. The molecule has 1 aromatic carbocycles. The lowest BCUT2D eigenvalue weighted by Gasteiger charge is -2.09. The molecule has 1 amide bonds. The second kappa shape index (κ2) is 7.10. The molecule has 21 heavy (non-hydrogen) atoms. The summed E-state index contributed by atoms with van der Waals surface area (Å²) >= 11 is 11.7. The van der Waals surface area contributed by atoms with E-state index in [9.17, 15) is 4.79 Å². The highest BCUT2D eigenvalue weighted by atomic mass is 35.5. The van der Waals surface area contributed by atoms with Crippen LogP contribution < -0.4 is 15.8 Å². The van der Waals surface area contributed by atoms with Crippen LogP contribution in [0.25, 0.3) is 0 Å². The number of carbonyl (C=O) groups excluding carboxylic acids is 1. The van der Waals surface area contributed by atoms with E-state index in [-0.39, 0.29) is 34.9 Å². The molecule has 0 saturated heterocycles. The van der Waals surface area contributed by atoms with E-state index in [4.69, 9.17) is 33.7 Å². The minimum Gasteiger partial charge on any atom is -0.493 e. The van der Waals surface area contributed by atoms with Gasteiger partial charge in [-0.25, -0.2) is 9.97 Å². The number of hydrogen-bond donors (Lipinski definition) is 2. The number of ether oxygens (including phenoxy) is 1. The topological polar surface area (TPSA) is 90.1 Å². The van der Waals surface area contributed by atoms with Gasteiger partial charge in [0.15, 0.2) is 10.3 Å². The first kappa shape index (κ1) is 15.3. The van der Waals surface area contributed by atoms with Crippen LogP contribution in [0.15, 0.2) is 30.6 Å². The lowest BCUT2D eigenvalue weighted by Crippen LogP contribution is -2.16. The van der Waals surface area contributed by atoms with Crippen molar-refractivity contribution >= 4 is 40.5 Å². The standard InChI is InChI=1S/C13H12Cl2N4O2/c14-12-11(13(15)18-7-17-12)19-10(20)4-5-21-9-3-1-2-8(16)6-9/h1-3,6-7H,4-5,16H2,(H,19,20). The first-order chi connectivity index (χ1) is 10.1. The lowest BCUT2D eigenvalue weighted by atomic mass is 10.3. The van der Waals surface area contributed by atoms with Crippen molar-refractivity contribution in [1.29, 1.82) is 0 Å². The Morgan fingerprint density at radius 2 is 2.00 bits per heavy atom. The van der Waals surface area contributed by atoms with Gasteiger partial charge >= 0.3 is 0 Å². The van der Waals surface area contributed by atoms with Crippen molar-refractivity contribution in [3.05, 3.63) is 40.9 Å². The van der Waals surface area contributed by atoms with Gasteiger partial charge in [-0.2, -0.15) is 0 Å². The summed E-state index contributed by atoms with van der Waals surface area (Å²) in [4.78, 5) is 19.3. The van der Waals surface area contributed by atoms with Crippen molar-refractivity contribution in [2.45, 2.75) is 6.42 Å². The highest BCUT2D eigenvalue weighted by Gasteiger charge is 2.11. The molecule has 6 nitrogen and oxygen atoms in total. The summed E-state index contributed by atoms with van der Waals surface area (Å²) in [5.74, 6) is 0.291. The molecule has 0 aliphatic heterocycles. The normalized spacial score (nSPS) is 10.2. The van der Waals surface area contributed by atoms with E-state index < -0.39 is 0 Å². The van der Waals surface area contributed by atoms with Crippen LogP contribution in [0.2, 0.25) is 10.3 Å². The number of benzene rings is 1. The molecule has 0 bridgehead atoms. The van der Waals surface area contributed by atoms with Crippen LogP contribution in [-0.2, 0) is 4.79 Å². The van der Waals surface area contributed by atoms with Crippen LogP contribution in [-0.4, -0.2) is 22.5 Å². The zero-order valence-electron chi connectivity index (χ0n) is 10.8. The zero-order chi connectivity index (χ0) is 15.2. The SMILES string of the molecule is Nc1cccc(OCCC(=O)Nc2c(Cl)ncnc2Cl)c1. The summed E-state index contributed by atoms with van der Waals surface area (Å²) in [7, 11) is 0. The minimum absolute atomic E-state index is 0.0834. The average Bonchev–Trinajstić information content (AvgIpc) is 2.43. The molecule has 0 aliphatic rings. The molecule has 0 spiro atoms. The molecule has 0 saturated carbocycles. The molecule has 0 radical (unpaired) electrons. The molecular formula is C13H12Cl2N4O2. The van der Waals surface area contributed by atoms with Gasteiger partial charge in [-0.05, 0) is 12.1 Å². The summed E-state index contributed by atoms with van der Waals surface area (Å²) in [6.07, 6.45) is 1.33. The molecule has 8 heteroatoms. The second-order valence-corrected chi connectivity index (χ2v) is 4.77. The van der Waals surface area contributed by atoms with Crippen LogP contribution >= 0.6 is 23.2 Å². The largest absolute Gasteiger partial charge is 0.493 e. The van der Waals surface area contributed by atoms with Crippen LogP contribution in [0.1, 0.15) is 6.42 Å². The van der Waals surface area contributed by atoms with Crippen LogP contribution in [0.3, 0.4) is 0 Å². The number of rotatable bonds is 5. The number of nitrogens with two attached hydrogens (primary N) is 1. The van der Waals surface area contributed by atoms with Crippen molar-refractivity contribution in [1.82, 2.24) is 9.97 Å². The summed E-state index contributed by atoms with van der Waals surface area (Å²) in [6.45, 7) is 0.193. The number of hydrogen-bond acceptors (Lipinski definition) is 5. The Morgan fingerprint density at radius 1 is 1.29 bits per heavy atom. The van der Waals surface area contributed by atoms with E-state index in [0.717, 1.165) is 0 Å². The summed E-state index contributed by atoms with van der Waals surface area (Å²) < 4.78 is 5.42. The Kier molecular flexibility index (Phi) is 5.19. The smallest absolute Gasteiger partial charge is 0.227 e. The Labute approximate surface area is 131 Å². The third kappa shape index (κ3) is 4.47. The molecule has 2 aromatic rings. The van der Waals surface area contributed by atoms with Crippen molar-refractivity contribution in [3.8, 4) is 5.75 Å². The maximum absolute atomic E-state index is 11.8. The van der Waals surface area contributed by atoms with E-state index in [0.29, 0.717) is 11.4 Å². The molecule has 0 unspecified atom stereocenters. The first-order valence-electron chi connectivity index (χ1n) is 6.00. The van der Waals surface area contributed by atoms with Gasteiger partial charge in [0.05, 0.1) is 13.0 Å². The summed E-state index contributed by atoms with van der Waals surface area (Å²) in [5, 5.41) is 2.71. The highest BCUT2D eigenvalue weighted by Crippen LogP contribution is 2.25. The quantitative estimate of drug-likeness (QED) is 0.651. The molecule has 3 N–H and O–H groups in total. The van der Waals surface area contributed by atoms with Gasteiger partial charge in [-0.3, -0.25) is 4.79 Å². The van der Waals surface area contributed by atoms with Crippen LogP contribution in [0.4, 0.5) is 11.4 Å². The maximum atomic E-state index is 11.8.